The molecular weight excluding hydrogens is 349 g/mol. The molecular formula is C16H14FN3O4S. The van der Waals surface area contributed by atoms with Crippen molar-refractivity contribution in [2.24, 2.45) is 0 Å². The number of nitrogens with zero attached hydrogens (tertiary/aromatic N) is 1. The predicted molar refractivity (Wildman–Crippen MR) is 86.7 cm³/mol. The van der Waals surface area contributed by atoms with Gasteiger partial charge in [0.2, 0.25) is 0 Å². The molecule has 1 amide bonds. The highest BCUT2D eigenvalue weighted by Gasteiger charge is 2.27. The lowest BCUT2D eigenvalue weighted by molar-refractivity contribution is 0.0945. The molecule has 9 heteroatoms. The molecule has 4 rings (SSSR count). The second kappa shape index (κ2) is 5.69. The number of amides is 1. The molecule has 7 nitrogen and oxygen atoms in total. The maximum absolute atomic E-state index is 13.8. The number of benzene rings is 1. The molecule has 1 aromatic carbocycles. The van der Waals surface area contributed by atoms with Crippen molar-refractivity contribution < 1.29 is 22.3 Å². The van der Waals surface area contributed by atoms with E-state index in [9.17, 15) is 17.6 Å². The van der Waals surface area contributed by atoms with Gasteiger partial charge in [0.05, 0.1) is 29.7 Å². The van der Waals surface area contributed by atoms with Gasteiger partial charge < -0.3 is 10.1 Å². The molecule has 0 spiro atoms. The third-order valence-electron chi connectivity index (χ3n) is 4.12. The number of carbonyl (C=O) groups is 1. The number of hydrogen-bond acceptors (Lipinski definition) is 5. The third-order valence-corrected chi connectivity index (χ3v) is 5.50. The van der Waals surface area contributed by atoms with Crippen molar-refractivity contribution in [3.05, 3.63) is 47.0 Å². The minimum Gasteiger partial charge on any atom is -0.492 e. The number of rotatable bonds is 3. The molecule has 0 aliphatic carbocycles. The number of anilines is 1. The van der Waals surface area contributed by atoms with Crippen molar-refractivity contribution >= 4 is 21.6 Å². The molecule has 0 radical (unpaired) electrons. The van der Waals surface area contributed by atoms with Gasteiger partial charge in [0.1, 0.15) is 16.5 Å². The first kappa shape index (κ1) is 15.8. The Bertz CT molecular complexity index is 991. The van der Waals surface area contributed by atoms with E-state index in [1.165, 1.54) is 18.3 Å². The molecule has 2 aliphatic heterocycles. The standard InChI is InChI=1S/C16H14FN3O4S/c17-10-5-9-2-4-24-15(9)14(6-10)25(22,23)20-11-7-12-13(19-8-11)1-3-18-16(12)21/h5-8,20H,1-4H2,(H,18,21). The Morgan fingerprint density at radius 3 is 2.92 bits per heavy atom. The van der Waals surface area contributed by atoms with Gasteiger partial charge in [-0.15, -0.1) is 0 Å². The lowest BCUT2D eigenvalue weighted by atomic mass is 10.1. The Hall–Kier alpha value is -2.68. The fourth-order valence-electron chi connectivity index (χ4n) is 2.98. The number of carbonyl (C=O) groups excluding carboxylic acids is 1. The lowest BCUT2D eigenvalue weighted by Gasteiger charge is -2.17. The molecule has 3 heterocycles. The third kappa shape index (κ3) is 2.80. The largest absolute Gasteiger partial charge is 0.492 e. The van der Waals surface area contributed by atoms with Crippen LogP contribution in [0.4, 0.5) is 10.1 Å². The van der Waals surface area contributed by atoms with E-state index in [-0.39, 0.29) is 22.2 Å². The monoisotopic (exact) mass is 363 g/mol. The number of pyridine rings is 1. The molecule has 2 aliphatic rings. The zero-order valence-corrected chi connectivity index (χ0v) is 13.8. The number of hydrogen-bond donors (Lipinski definition) is 2. The quantitative estimate of drug-likeness (QED) is 0.855. The number of sulfonamides is 1. The van der Waals surface area contributed by atoms with Gasteiger partial charge in [0.15, 0.2) is 0 Å². The molecule has 0 bridgehead atoms. The topological polar surface area (TPSA) is 97.4 Å². The van der Waals surface area contributed by atoms with E-state index < -0.39 is 15.8 Å². The highest BCUT2D eigenvalue weighted by molar-refractivity contribution is 7.92. The number of aromatic nitrogens is 1. The van der Waals surface area contributed by atoms with Crippen LogP contribution in [0.15, 0.2) is 29.3 Å². The second-order valence-electron chi connectivity index (χ2n) is 5.82. The lowest BCUT2D eigenvalue weighted by Crippen LogP contribution is -2.32. The minimum absolute atomic E-state index is 0.131. The van der Waals surface area contributed by atoms with Gasteiger partial charge in [-0.2, -0.15) is 0 Å². The zero-order chi connectivity index (χ0) is 17.6. The molecule has 0 saturated heterocycles. The SMILES string of the molecule is O=C1NCCc2ncc(NS(=O)(=O)c3cc(F)cc4c3OCC4)cc21. The summed E-state index contributed by atoms with van der Waals surface area (Å²) in [5.74, 6) is -0.782. The average Bonchev–Trinajstić information content (AvgIpc) is 3.02. The summed E-state index contributed by atoms with van der Waals surface area (Å²) in [5, 5.41) is 2.68. The fourth-order valence-corrected chi connectivity index (χ4v) is 4.21. The maximum Gasteiger partial charge on any atom is 0.265 e. The van der Waals surface area contributed by atoms with Gasteiger partial charge >= 0.3 is 0 Å². The normalized spacial score (nSPS) is 15.8. The van der Waals surface area contributed by atoms with Crippen LogP contribution in [0.25, 0.3) is 0 Å². The van der Waals surface area contributed by atoms with Crippen LogP contribution in [0, 0.1) is 5.82 Å². The summed E-state index contributed by atoms with van der Waals surface area (Å²) in [4.78, 5) is 15.8. The van der Waals surface area contributed by atoms with E-state index in [1.807, 2.05) is 0 Å². The summed E-state index contributed by atoms with van der Waals surface area (Å²) in [7, 11) is -4.09. The van der Waals surface area contributed by atoms with Crippen LogP contribution in [0.5, 0.6) is 5.75 Å². The Morgan fingerprint density at radius 2 is 2.08 bits per heavy atom. The molecule has 0 unspecified atom stereocenters. The molecule has 0 saturated carbocycles. The Kier molecular flexibility index (Phi) is 3.60. The van der Waals surface area contributed by atoms with Crippen LogP contribution in [-0.2, 0) is 22.9 Å². The Balaban J connectivity index is 1.72. The van der Waals surface area contributed by atoms with Gasteiger partial charge in [-0.05, 0) is 18.2 Å². The van der Waals surface area contributed by atoms with E-state index in [0.29, 0.717) is 42.8 Å². The first-order valence-electron chi connectivity index (χ1n) is 7.69. The molecule has 130 valence electrons. The van der Waals surface area contributed by atoms with Crippen molar-refractivity contribution in [1.82, 2.24) is 10.3 Å². The molecule has 2 N–H and O–H groups in total. The van der Waals surface area contributed by atoms with Crippen molar-refractivity contribution in [3.63, 3.8) is 0 Å². The van der Waals surface area contributed by atoms with Crippen LogP contribution in [0.2, 0.25) is 0 Å². The summed E-state index contributed by atoms with van der Waals surface area (Å²) in [6.07, 6.45) is 2.38. The second-order valence-corrected chi connectivity index (χ2v) is 7.47. The summed E-state index contributed by atoms with van der Waals surface area (Å²) in [6, 6.07) is 3.62. The van der Waals surface area contributed by atoms with Gasteiger partial charge in [-0.1, -0.05) is 0 Å². The fraction of sp³-hybridized carbons (Fsp3) is 0.250. The summed E-state index contributed by atoms with van der Waals surface area (Å²) >= 11 is 0. The van der Waals surface area contributed by atoms with Crippen LogP contribution in [0.3, 0.4) is 0 Å². The average molecular weight is 363 g/mol. The van der Waals surface area contributed by atoms with E-state index >= 15 is 0 Å². The summed E-state index contributed by atoms with van der Waals surface area (Å²) in [5.41, 5.74) is 1.59. The van der Waals surface area contributed by atoms with E-state index in [1.54, 1.807) is 0 Å². The smallest absolute Gasteiger partial charge is 0.265 e. The number of halogens is 1. The molecule has 25 heavy (non-hydrogen) atoms. The minimum atomic E-state index is -4.09. The highest BCUT2D eigenvalue weighted by atomic mass is 32.2. The molecule has 0 fully saturated rings. The first-order chi connectivity index (χ1) is 11.9. The van der Waals surface area contributed by atoms with Gasteiger partial charge in [-0.3, -0.25) is 14.5 Å². The van der Waals surface area contributed by atoms with Crippen LogP contribution in [0.1, 0.15) is 21.6 Å². The van der Waals surface area contributed by atoms with Crippen molar-refractivity contribution in [2.75, 3.05) is 17.9 Å². The number of nitrogens with one attached hydrogen (secondary N) is 2. The summed E-state index contributed by atoms with van der Waals surface area (Å²) < 4.78 is 46.8. The highest BCUT2D eigenvalue weighted by Crippen LogP contribution is 2.34. The number of fused-ring (bicyclic) bond motifs is 2. The molecule has 1 aromatic heterocycles. The van der Waals surface area contributed by atoms with Crippen molar-refractivity contribution in [2.45, 2.75) is 17.7 Å². The van der Waals surface area contributed by atoms with Crippen LogP contribution < -0.4 is 14.8 Å². The Morgan fingerprint density at radius 1 is 1.24 bits per heavy atom. The number of ether oxygens (including phenoxy) is 1. The summed E-state index contributed by atoms with van der Waals surface area (Å²) in [6.45, 7) is 0.804. The molecule has 2 aromatic rings. The maximum atomic E-state index is 13.8. The molecule has 0 atom stereocenters. The van der Waals surface area contributed by atoms with E-state index in [0.717, 1.165) is 6.07 Å². The first-order valence-corrected chi connectivity index (χ1v) is 9.17. The van der Waals surface area contributed by atoms with Crippen molar-refractivity contribution in [3.8, 4) is 5.75 Å². The van der Waals surface area contributed by atoms with Gasteiger partial charge in [-0.25, -0.2) is 12.8 Å². The van der Waals surface area contributed by atoms with E-state index in [2.05, 4.69) is 15.0 Å². The van der Waals surface area contributed by atoms with Crippen molar-refractivity contribution in [1.29, 1.82) is 0 Å². The van der Waals surface area contributed by atoms with Crippen LogP contribution in [-0.4, -0.2) is 32.5 Å². The predicted octanol–water partition coefficient (Wildman–Crippen LogP) is 1.24. The van der Waals surface area contributed by atoms with Gasteiger partial charge in [0, 0.05) is 24.9 Å². The van der Waals surface area contributed by atoms with Crippen LogP contribution >= 0.6 is 0 Å². The van der Waals surface area contributed by atoms with Gasteiger partial charge in [0.25, 0.3) is 15.9 Å². The zero-order valence-electron chi connectivity index (χ0n) is 13.0. The van der Waals surface area contributed by atoms with E-state index in [4.69, 9.17) is 4.74 Å². The Labute approximate surface area is 143 Å².